The van der Waals surface area contributed by atoms with Gasteiger partial charge in [0.1, 0.15) is 11.3 Å². The molecule has 1 amide bonds. The number of benzene rings is 2. The van der Waals surface area contributed by atoms with Crippen LogP contribution in [0.25, 0.3) is 34.3 Å². The van der Waals surface area contributed by atoms with Crippen molar-refractivity contribution in [2.24, 2.45) is 0 Å². The Morgan fingerprint density at radius 1 is 0.973 bits per heavy atom. The monoisotopic (exact) mass is 526 g/mol. The van der Waals surface area contributed by atoms with Gasteiger partial charge in [0.25, 0.3) is 11.8 Å². The highest BCUT2D eigenvalue weighted by Gasteiger charge is 2.43. The van der Waals surface area contributed by atoms with Crippen molar-refractivity contribution in [3.8, 4) is 34.3 Å². The van der Waals surface area contributed by atoms with E-state index in [1.165, 1.54) is 47.7 Å². The maximum atomic E-state index is 13.9. The number of carbonyl (C=O) groups is 1. The Morgan fingerprint density at radius 3 is 2.41 bits per heavy atom. The van der Waals surface area contributed by atoms with E-state index in [2.05, 4.69) is 20.6 Å². The second kappa shape index (κ2) is 9.99. The zero-order valence-corrected chi connectivity index (χ0v) is 19.6. The number of nitrogens with zero attached hydrogens (tertiary/aromatic N) is 3. The average molecular weight is 526 g/mol. The van der Waals surface area contributed by atoms with Crippen molar-refractivity contribution in [3.05, 3.63) is 88.1 Å². The Hall–Kier alpha value is -4.29. The Balaban J connectivity index is 1.36. The molecule has 0 spiro atoms. The Morgan fingerprint density at radius 2 is 1.73 bits per heavy atom. The van der Waals surface area contributed by atoms with E-state index in [1.54, 1.807) is 18.2 Å². The number of carbonyl (C=O) groups excluding carboxylic acids is 1. The zero-order valence-electron chi connectivity index (χ0n) is 18.8. The van der Waals surface area contributed by atoms with E-state index in [4.69, 9.17) is 9.05 Å². The highest BCUT2D eigenvalue weighted by Crippen LogP contribution is 2.43. The topological polar surface area (TPSA) is 114 Å². The first-order valence-corrected chi connectivity index (χ1v) is 11.7. The molecule has 0 saturated heterocycles. The van der Waals surface area contributed by atoms with Gasteiger partial charge >= 0.3 is 6.18 Å². The highest BCUT2D eigenvalue weighted by atomic mass is 32.1. The van der Waals surface area contributed by atoms with E-state index in [0.29, 0.717) is 17.7 Å². The maximum Gasteiger partial charge on any atom is 0.422 e. The van der Waals surface area contributed by atoms with E-state index >= 15 is 0 Å². The summed E-state index contributed by atoms with van der Waals surface area (Å²) in [7, 11) is 0. The summed E-state index contributed by atoms with van der Waals surface area (Å²) in [5, 5.41) is 22.2. The summed E-state index contributed by atoms with van der Waals surface area (Å²) in [6.45, 7) is 0.296. The molecule has 5 aromatic rings. The molecule has 12 heteroatoms. The largest absolute Gasteiger partial charge is 0.422 e. The number of rotatable bonds is 7. The number of nitrogens with one attached hydrogen (secondary N) is 1. The second-order valence-electron chi connectivity index (χ2n) is 7.84. The molecular formula is C25H17F3N4O4S. The third-order valence-electron chi connectivity index (χ3n) is 5.39. The van der Waals surface area contributed by atoms with Crippen LogP contribution in [0.4, 0.5) is 13.2 Å². The van der Waals surface area contributed by atoms with Gasteiger partial charge in [0.15, 0.2) is 6.10 Å². The number of thiophene rings is 1. The average Bonchev–Trinajstić information content (AvgIpc) is 3.67. The van der Waals surface area contributed by atoms with E-state index < -0.39 is 41.1 Å². The first-order chi connectivity index (χ1) is 17.8. The lowest BCUT2D eigenvalue weighted by Gasteiger charge is -2.11. The lowest BCUT2D eigenvalue weighted by atomic mass is 10.1. The van der Waals surface area contributed by atoms with Crippen LogP contribution in [0.5, 0.6) is 0 Å². The van der Waals surface area contributed by atoms with Gasteiger partial charge in [0, 0.05) is 16.0 Å². The van der Waals surface area contributed by atoms with E-state index in [0.717, 1.165) is 4.88 Å². The van der Waals surface area contributed by atoms with Crippen LogP contribution >= 0.6 is 11.3 Å². The summed E-state index contributed by atoms with van der Waals surface area (Å²) in [6.07, 6.45) is -6.20. The van der Waals surface area contributed by atoms with Crippen molar-refractivity contribution < 1.29 is 32.1 Å². The van der Waals surface area contributed by atoms with Gasteiger partial charge in [-0.2, -0.15) is 18.2 Å². The van der Waals surface area contributed by atoms with Crippen molar-refractivity contribution in [2.45, 2.75) is 18.8 Å². The number of aliphatic hydroxyl groups is 1. The van der Waals surface area contributed by atoms with Gasteiger partial charge in [-0.15, -0.1) is 11.3 Å². The van der Waals surface area contributed by atoms with Gasteiger partial charge in [-0.25, -0.2) is 0 Å². The van der Waals surface area contributed by atoms with Crippen LogP contribution in [0.15, 0.2) is 81.2 Å². The maximum absolute atomic E-state index is 13.9. The van der Waals surface area contributed by atoms with Crippen molar-refractivity contribution in [3.63, 3.8) is 0 Å². The van der Waals surface area contributed by atoms with Gasteiger partial charge < -0.3 is 19.5 Å². The van der Waals surface area contributed by atoms with Crippen LogP contribution in [0.2, 0.25) is 0 Å². The van der Waals surface area contributed by atoms with Gasteiger partial charge in [0.05, 0.1) is 6.54 Å². The third kappa shape index (κ3) is 5.15. The molecule has 1 unspecified atom stereocenters. The van der Waals surface area contributed by atoms with Crippen LogP contribution < -0.4 is 5.32 Å². The van der Waals surface area contributed by atoms with E-state index in [-0.39, 0.29) is 11.4 Å². The van der Waals surface area contributed by atoms with Gasteiger partial charge in [0.2, 0.25) is 11.6 Å². The third-order valence-corrected chi connectivity index (χ3v) is 6.27. The molecule has 37 heavy (non-hydrogen) atoms. The summed E-state index contributed by atoms with van der Waals surface area (Å²) < 4.78 is 51.8. The molecule has 1 atom stereocenters. The molecule has 2 N–H and O–H groups in total. The molecule has 5 rings (SSSR count). The smallest absolute Gasteiger partial charge is 0.378 e. The SMILES string of the molecule is O=C(NCc1cccs1)C(O)c1ccc(-c2noc(-c3onc(-c4ccccc4)c3C(F)(F)F)n2)cc1. The van der Waals surface area contributed by atoms with Crippen LogP contribution in [0, 0.1) is 0 Å². The van der Waals surface area contributed by atoms with Gasteiger partial charge in [-0.05, 0) is 17.0 Å². The number of hydrogen-bond acceptors (Lipinski definition) is 8. The lowest BCUT2D eigenvalue weighted by molar-refractivity contribution is -0.137. The molecule has 0 bridgehead atoms. The highest BCUT2D eigenvalue weighted by molar-refractivity contribution is 7.09. The Kier molecular flexibility index (Phi) is 6.59. The fourth-order valence-corrected chi connectivity index (χ4v) is 4.22. The predicted molar refractivity (Wildman–Crippen MR) is 127 cm³/mol. The minimum Gasteiger partial charge on any atom is -0.378 e. The quantitative estimate of drug-likeness (QED) is 0.288. The molecular weight excluding hydrogens is 509 g/mol. The Bertz CT molecular complexity index is 1500. The first-order valence-electron chi connectivity index (χ1n) is 10.9. The molecule has 0 aliphatic carbocycles. The predicted octanol–water partition coefficient (Wildman–Crippen LogP) is 5.49. The molecule has 8 nitrogen and oxygen atoms in total. The first kappa shape index (κ1) is 24.4. The van der Waals surface area contributed by atoms with Crippen molar-refractivity contribution in [1.82, 2.24) is 20.6 Å². The zero-order chi connectivity index (χ0) is 26.0. The van der Waals surface area contributed by atoms with Crippen molar-refractivity contribution in [1.29, 1.82) is 0 Å². The van der Waals surface area contributed by atoms with Gasteiger partial charge in [-0.3, -0.25) is 4.79 Å². The molecule has 3 aromatic heterocycles. The molecule has 0 fully saturated rings. The van der Waals surface area contributed by atoms with Crippen molar-refractivity contribution >= 4 is 17.2 Å². The minimum absolute atomic E-state index is 0.0102. The molecule has 188 valence electrons. The van der Waals surface area contributed by atoms with Crippen LogP contribution in [0.1, 0.15) is 22.1 Å². The molecule has 0 aliphatic rings. The van der Waals surface area contributed by atoms with E-state index in [9.17, 15) is 23.1 Å². The summed E-state index contributed by atoms with van der Waals surface area (Å²) in [6, 6.07) is 17.5. The number of aliphatic hydroxyl groups excluding tert-OH is 1. The fraction of sp³-hybridized carbons (Fsp3) is 0.120. The molecule has 0 aliphatic heterocycles. The summed E-state index contributed by atoms with van der Waals surface area (Å²) in [5.74, 6) is -1.76. The van der Waals surface area contributed by atoms with Gasteiger partial charge in [-0.1, -0.05) is 71.0 Å². The molecule has 0 radical (unpaired) electrons. The number of hydrogen-bond donors (Lipinski definition) is 2. The fourth-order valence-electron chi connectivity index (χ4n) is 3.58. The molecule has 0 saturated carbocycles. The lowest BCUT2D eigenvalue weighted by Crippen LogP contribution is -2.28. The van der Waals surface area contributed by atoms with Crippen LogP contribution in [0.3, 0.4) is 0 Å². The minimum atomic E-state index is -4.79. The molecule has 2 aromatic carbocycles. The van der Waals surface area contributed by atoms with E-state index in [1.807, 2.05) is 17.5 Å². The van der Waals surface area contributed by atoms with Crippen LogP contribution in [-0.2, 0) is 17.5 Å². The normalized spacial score (nSPS) is 12.4. The molecule has 3 heterocycles. The number of amides is 1. The summed E-state index contributed by atoms with van der Waals surface area (Å²) >= 11 is 1.48. The second-order valence-corrected chi connectivity index (χ2v) is 8.88. The summed E-state index contributed by atoms with van der Waals surface area (Å²) in [5.41, 5.74) is -0.586. The summed E-state index contributed by atoms with van der Waals surface area (Å²) in [4.78, 5) is 17.3. The number of alkyl halides is 3. The Labute approximate surface area is 211 Å². The van der Waals surface area contributed by atoms with Crippen LogP contribution in [-0.4, -0.2) is 26.3 Å². The van der Waals surface area contributed by atoms with Crippen molar-refractivity contribution in [2.75, 3.05) is 0 Å². The standard InChI is InChI=1S/C25H17F3N4O4S/c26-25(27,28)18-19(14-5-2-1-3-6-14)31-35-21(18)24-30-22(32-36-24)16-10-8-15(9-11-16)20(33)23(34)29-13-17-7-4-12-37-17/h1-12,20,33H,13H2,(H,29,34). The number of halogens is 3. The number of aromatic nitrogens is 3.